The van der Waals surface area contributed by atoms with E-state index in [2.05, 4.69) is 62.4 Å². The summed E-state index contributed by atoms with van der Waals surface area (Å²) in [4.78, 5) is 14.7. The predicted molar refractivity (Wildman–Crippen MR) is 87.3 cm³/mol. The zero-order valence-corrected chi connectivity index (χ0v) is 13.1. The molecule has 0 saturated heterocycles. The Morgan fingerprint density at radius 3 is 2.24 bits per heavy atom. The van der Waals surface area contributed by atoms with E-state index in [0.29, 0.717) is 0 Å². The van der Waals surface area contributed by atoms with E-state index in [1.165, 1.54) is 16.0 Å². The number of rotatable bonds is 3. The van der Waals surface area contributed by atoms with Crippen LogP contribution in [0, 0.1) is 0 Å². The molecular formula is C18H19NOS. The number of thioether (sulfide) groups is 1. The average Bonchev–Trinajstić information content (AvgIpc) is 2.53. The summed E-state index contributed by atoms with van der Waals surface area (Å²) in [6.07, 6.45) is 0.990. The minimum atomic E-state index is 0.140. The number of amides is 1. The van der Waals surface area contributed by atoms with Crippen molar-refractivity contribution in [1.82, 2.24) is 4.90 Å². The SMILES string of the molecule is C[C@@H]1c2ccccc2[C@@H](Sc2ccccc2)[C@@H](C)N1C=O. The molecule has 21 heavy (non-hydrogen) atoms. The van der Waals surface area contributed by atoms with Crippen LogP contribution in [0.2, 0.25) is 0 Å². The van der Waals surface area contributed by atoms with Gasteiger partial charge >= 0.3 is 0 Å². The number of benzene rings is 2. The molecule has 1 amide bonds. The zero-order chi connectivity index (χ0) is 14.8. The summed E-state index contributed by atoms with van der Waals surface area (Å²) in [5.74, 6) is 0. The Balaban J connectivity index is 2.01. The molecule has 1 aliphatic heterocycles. The van der Waals surface area contributed by atoms with Crippen molar-refractivity contribution >= 4 is 18.2 Å². The summed E-state index contributed by atoms with van der Waals surface area (Å²) in [5.41, 5.74) is 2.61. The molecule has 108 valence electrons. The van der Waals surface area contributed by atoms with Gasteiger partial charge in [-0.25, -0.2) is 0 Å². The van der Waals surface area contributed by atoms with Crippen LogP contribution in [0.5, 0.6) is 0 Å². The van der Waals surface area contributed by atoms with Gasteiger partial charge in [-0.1, -0.05) is 42.5 Å². The van der Waals surface area contributed by atoms with E-state index in [1.807, 2.05) is 22.7 Å². The topological polar surface area (TPSA) is 20.3 Å². The van der Waals surface area contributed by atoms with Crippen molar-refractivity contribution in [3.05, 3.63) is 65.7 Å². The maximum atomic E-state index is 11.5. The highest BCUT2D eigenvalue weighted by Crippen LogP contribution is 2.47. The van der Waals surface area contributed by atoms with Gasteiger partial charge in [-0.15, -0.1) is 11.8 Å². The average molecular weight is 297 g/mol. The second-order valence-electron chi connectivity index (χ2n) is 5.45. The molecule has 0 aliphatic carbocycles. The fraction of sp³-hybridized carbons (Fsp3) is 0.278. The molecule has 0 spiro atoms. The quantitative estimate of drug-likeness (QED) is 0.781. The molecule has 3 atom stereocenters. The van der Waals surface area contributed by atoms with Gasteiger partial charge in [-0.3, -0.25) is 4.79 Å². The molecule has 2 aromatic rings. The van der Waals surface area contributed by atoms with Crippen molar-refractivity contribution in [3.8, 4) is 0 Å². The molecule has 2 nitrogen and oxygen atoms in total. The van der Waals surface area contributed by atoms with Crippen molar-refractivity contribution in [1.29, 1.82) is 0 Å². The van der Waals surface area contributed by atoms with Crippen LogP contribution in [-0.4, -0.2) is 17.4 Å². The number of nitrogens with zero attached hydrogens (tertiary/aromatic N) is 1. The van der Waals surface area contributed by atoms with Gasteiger partial charge in [-0.05, 0) is 37.1 Å². The summed E-state index contributed by atoms with van der Waals surface area (Å²) in [5, 5.41) is 0.269. The first-order chi connectivity index (χ1) is 10.2. The Kier molecular flexibility index (Phi) is 4.02. The second-order valence-corrected chi connectivity index (χ2v) is 6.66. The molecule has 0 bridgehead atoms. The molecule has 0 radical (unpaired) electrons. The fourth-order valence-electron chi connectivity index (χ4n) is 3.07. The number of carbonyl (C=O) groups excluding carboxylic acids is 1. The highest BCUT2D eigenvalue weighted by Gasteiger charge is 2.36. The van der Waals surface area contributed by atoms with Crippen LogP contribution in [-0.2, 0) is 4.79 Å². The Hall–Kier alpha value is -1.74. The third kappa shape index (κ3) is 2.58. The van der Waals surface area contributed by atoms with Crippen LogP contribution >= 0.6 is 11.8 Å². The summed E-state index contributed by atoms with van der Waals surface area (Å²) in [6.45, 7) is 4.24. The first kappa shape index (κ1) is 14.2. The molecule has 2 aromatic carbocycles. The third-order valence-corrected chi connectivity index (χ3v) is 5.68. The van der Waals surface area contributed by atoms with E-state index in [9.17, 15) is 4.79 Å². The molecule has 1 aliphatic rings. The lowest BCUT2D eigenvalue weighted by molar-refractivity contribution is -0.122. The van der Waals surface area contributed by atoms with Gasteiger partial charge in [0.25, 0.3) is 0 Å². The molecule has 0 fully saturated rings. The van der Waals surface area contributed by atoms with Crippen LogP contribution in [0.25, 0.3) is 0 Å². The van der Waals surface area contributed by atoms with E-state index in [-0.39, 0.29) is 17.3 Å². The Labute approximate surface area is 130 Å². The normalized spacial score (nSPS) is 24.5. The van der Waals surface area contributed by atoms with Gasteiger partial charge in [0, 0.05) is 10.9 Å². The largest absolute Gasteiger partial charge is 0.334 e. The molecule has 0 aromatic heterocycles. The van der Waals surface area contributed by atoms with Crippen molar-refractivity contribution in [2.45, 2.75) is 36.1 Å². The van der Waals surface area contributed by atoms with Crippen molar-refractivity contribution in [2.75, 3.05) is 0 Å². The smallest absolute Gasteiger partial charge is 0.210 e. The Morgan fingerprint density at radius 1 is 0.952 bits per heavy atom. The monoisotopic (exact) mass is 297 g/mol. The number of hydrogen-bond donors (Lipinski definition) is 0. The summed E-state index contributed by atoms with van der Waals surface area (Å²) in [7, 11) is 0. The van der Waals surface area contributed by atoms with Crippen LogP contribution in [0.15, 0.2) is 59.5 Å². The van der Waals surface area contributed by atoms with E-state index >= 15 is 0 Å². The lowest BCUT2D eigenvalue weighted by atomic mass is 9.89. The predicted octanol–water partition coefficient (Wildman–Crippen LogP) is 4.44. The summed E-state index contributed by atoms with van der Waals surface area (Å²) in [6, 6.07) is 19.2. The van der Waals surface area contributed by atoms with E-state index in [1.54, 1.807) is 0 Å². The number of carbonyl (C=O) groups is 1. The van der Waals surface area contributed by atoms with Gasteiger partial charge < -0.3 is 4.90 Å². The van der Waals surface area contributed by atoms with E-state index in [0.717, 1.165) is 6.41 Å². The van der Waals surface area contributed by atoms with Crippen LogP contribution < -0.4 is 0 Å². The van der Waals surface area contributed by atoms with Crippen LogP contribution in [0.3, 0.4) is 0 Å². The number of fused-ring (bicyclic) bond motifs is 1. The summed E-state index contributed by atoms with van der Waals surface area (Å²) >= 11 is 1.84. The fourth-order valence-corrected chi connectivity index (χ4v) is 4.36. The minimum absolute atomic E-state index is 0.140. The van der Waals surface area contributed by atoms with Gasteiger partial charge in [-0.2, -0.15) is 0 Å². The van der Waals surface area contributed by atoms with E-state index in [4.69, 9.17) is 0 Å². The molecule has 0 saturated carbocycles. The van der Waals surface area contributed by atoms with Gasteiger partial charge in [0.2, 0.25) is 6.41 Å². The maximum Gasteiger partial charge on any atom is 0.210 e. The molecule has 0 N–H and O–H groups in total. The standard InChI is InChI=1S/C18H19NOS/c1-13-16-10-6-7-11-17(16)18(14(2)19(13)12-20)21-15-8-4-3-5-9-15/h3-14,18H,1-2H3/t13-,14-,18+/m1/s1. The summed E-state index contributed by atoms with van der Waals surface area (Å²) < 4.78 is 0. The van der Waals surface area contributed by atoms with Crippen molar-refractivity contribution in [2.24, 2.45) is 0 Å². The highest BCUT2D eigenvalue weighted by atomic mass is 32.2. The lowest BCUT2D eigenvalue weighted by Gasteiger charge is -2.42. The second kappa shape index (κ2) is 5.94. The lowest BCUT2D eigenvalue weighted by Crippen LogP contribution is -2.41. The van der Waals surface area contributed by atoms with Crippen LogP contribution in [0.1, 0.15) is 36.3 Å². The van der Waals surface area contributed by atoms with Gasteiger partial charge in [0.15, 0.2) is 0 Å². The Bertz CT molecular complexity index is 628. The zero-order valence-electron chi connectivity index (χ0n) is 12.3. The molecule has 0 unspecified atom stereocenters. The van der Waals surface area contributed by atoms with Gasteiger partial charge in [0.05, 0.1) is 11.3 Å². The van der Waals surface area contributed by atoms with E-state index < -0.39 is 0 Å². The minimum Gasteiger partial charge on any atom is -0.334 e. The third-order valence-electron chi connectivity index (χ3n) is 4.24. The van der Waals surface area contributed by atoms with Crippen molar-refractivity contribution in [3.63, 3.8) is 0 Å². The van der Waals surface area contributed by atoms with Crippen LogP contribution in [0.4, 0.5) is 0 Å². The Morgan fingerprint density at radius 2 is 1.57 bits per heavy atom. The first-order valence-electron chi connectivity index (χ1n) is 7.25. The highest BCUT2D eigenvalue weighted by molar-refractivity contribution is 7.99. The van der Waals surface area contributed by atoms with Gasteiger partial charge in [0.1, 0.15) is 0 Å². The molecule has 3 rings (SSSR count). The molecular weight excluding hydrogens is 278 g/mol. The maximum absolute atomic E-state index is 11.5. The number of hydrogen-bond acceptors (Lipinski definition) is 2. The van der Waals surface area contributed by atoms with Crippen molar-refractivity contribution < 1.29 is 4.79 Å². The molecule has 1 heterocycles. The molecule has 3 heteroatoms. The first-order valence-corrected chi connectivity index (χ1v) is 8.13.